The van der Waals surface area contributed by atoms with Crippen LogP contribution in [0.3, 0.4) is 0 Å². The summed E-state index contributed by atoms with van der Waals surface area (Å²) in [5.74, 6) is -0.290. The van der Waals surface area contributed by atoms with Crippen LogP contribution in [0.4, 0.5) is 5.69 Å². The van der Waals surface area contributed by atoms with Crippen molar-refractivity contribution in [2.24, 2.45) is 0 Å². The van der Waals surface area contributed by atoms with Crippen molar-refractivity contribution in [3.8, 4) is 0 Å². The molecule has 0 saturated carbocycles. The smallest absolute Gasteiger partial charge is 0.243 e. The summed E-state index contributed by atoms with van der Waals surface area (Å²) >= 11 is 0. The maximum atomic E-state index is 12.6. The molecule has 0 bridgehead atoms. The van der Waals surface area contributed by atoms with Crippen molar-refractivity contribution in [2.45, 2.75) is 33.2 Å². The molecule has 152 valence electrons. The molecule has 1 aliphatic rings. The first kappa shape index (κ1) is 21.7. The number of benzene rings is 1. The zero-order chi connectivity index (χ0) is 20.0. The van der Waals surface area contributed by atoms with Crippen LogP contribution in [-0.2, 0) is 19.6 Å². The fourth-order valence-electron chi connectivity index (χ4n) is 3.37. The summed E-state index contributed by atoms with van der Waals surface area (Å²) < 4.78 is 31.2. The number of nitrogens with one attached hydrogen (secondary N) is 1. The molecule has 1 saturated heterocycles. The first-order valence-corrected chi connectivity index (χ1v) is 11.2. The highest BCUT2D eigenvalue weighted by molar-refractivity contribution is 7.92. The van der Waals surface area contributed by atoms with Crippen LogP contribution in [0.15, 0.2) is 18.2 Å². The number of anilines is 1. The summed E-state index contributed by atoms with van der Waals surface area (Å²) in [6.07, 6.45) is 1.95. The minimum absolute atomic E-state index is 0.290. The predicted octanol–water partition coefficient (Wildman–Crippen LogP) is 1.30. The van der Waals surface area contributed by atoms with Gasteiger partial charge in [-0.05, 0) is 57.0 Å². The van der Waals surface area contributed by atoms with E-state index in [1.165, 1.54) is 4.31 Å². The zero-order valence-electron chi connectivity index (χ0n) is 16.7. The molecular weight excluding hydrogens is 366 g/mol. The lowest BCUT2D eigenvalue weighted by molar-refractivity contribution is -0.121. The Balaban J connectivity index is 1.97. The fourth-order valence-corrected chi connectivity index (χ4v) is 4.53. The summed E-state index contributed by atoms with van der Waals surface area (Å²) in [4.78, 5) is 14.9. The van der Waals surface area contributed by atoms with E-state index in [0.29, 0.717) is 12.2 Å². The zero-order valence-corrected chi connectivity index (χ0v) is 17.5. The Morgan fingerprint density at radius 2 is 1.81 bits per heavy atom. The van der Waals surface area contributed by atoms with Gasteiger partial charge in [-0.2, -0.15) is 0 Å². The molecule has 7 nitrogen and oxygen atoms in total. The van der Waals surface area contributed by atoms with Crippen molar-refractivity contribution in [3.05, 3.63) is 29.3 Å². The minimum Gasteiger partial charge on any atom is -0.379 e. The van der Waals surface area contributed by atoms with E-state index >= 15 is 0 Å². The molecule has 0 aromatic heterocycles. The highest BCUT2D eigenvalue weighted by atomic mass is 32.2. The van der Waals surface area contributed by atoms with E-state index in [1.54, 1.807) is 19.1 Å². The summed E-state index contributed by atoms with van der Waals surface area (Å²) in [7, 11) is -3.59. The average Bonchev–Trinajstić information content (AvgIpc) is 2.57. The van der Waals surface area contributed by atoms with E-state index < -0.39 is 16.1 Å². The first-order chi connectivity index (χ1) is 12.7. The quantitative estimate of drug-likeness (QED) is 0.669. The maximum Gasteiger partial charge on any atom is 0.243 e. The van der Waals surface area contributed by atoms with Crippen LogP contribution in [0, 0.1) is 13.8 Å². The van der Waals surface area contributed by atoms with Gasteiger partial charge >= 0.3 is 0 Å². The second-order valence-corrected chi connectivity index (χ2v) is 9.04. The van der Waals surface area contributed by atoms with Gasteiger partial charge in [-0.3, -0.25) is 14.0 Å². The normalized spacial score (nSPS) is 16.7. The van der Waals surface area contributed by atoms with Crippen LogP contribution >= 0.6 is 0 Å². The number of hydrogen-bond acceptors (Lipinski definition) is 5. The number of rotatable bonds is 8. The number of nitrogens with zero attached hydrogens (tertiary/aromatic N) is 2. The number of carbonyl (C=O) groups excluding carboxylic acids is 1. The fraction of sp³-hybridized carbons (Fsp3) is 0.632. The summed E-state index contributed by atoms with van der Waals surface area (Å²) in [6.45, 7) is 10.2. The standard InChI is InChI=1S/C19H31N3O4S/c1-15-12-16(2)14-18(13-15)22(27(4,24)25)17(3)19(23)20-6-5-7-21-8-10-26-11-9-21/h12-14,17H,5-11H2,1-4H3,(H,20,23)/t17-/m0/s1. The number of amides is 1. The molecule has 0 unspecified atom stereocenters. The third-order valence-electron chi connectivity index (χ3n) is 4.60. The highest BCUT2D eigenvalue weighted by Crippen LogP contribution is 2.23. The Hall–Kier alpha value is -1.64. The number of sulfonamides is 1. The summed E-state index contributed by atoms with van der Waals surface area (Å²) in [5.41, 5.74) is 2.43. The number of aryl methyl sites for hydroxylation is 2. The van der Waals surface area contributed by atoms with Crippen LogP contribution in [0.2, 0.25) is 0 Å². The van der Waals surface area contributed by atoms with Gasteiger partial charge in [0.2, 0.25) is 15.9 Å². The van der Waals surface area contributed by atoms with Gasteiger partial charge in [0.05, 0.1) is 25.2 Å². The van der Waals surface area contributed by atoms with Crippen LogP contribution < -0.4 is 9.62 Å². The number of ether oxygens (including phenoxy) is 1. The molecule has 1 aliphatic heterocycles. The largest absolute Gasteiger partial charge is 0.379 e. The van der Waals surface area contributed by atoms with E-state index in [2.05, 4.69) is 10.2 Å². The topological polar surface area (TPSA) is 79.0 Å². The molecular formula is C19H31N3O4S. The van der Waals surface area contributed by atoms with Crippen molar-refractivity contribution in [3.63, 3.8) is 0 Å². The summed E-state index contributed by atoms with van der Waals surface area (Å²) in [6, 6.07) is 4.73. The van der Waals surface area contributed by atoms with Gasteiger partial charge in [-0.25, -0.2) is 8.42 Å². The third kappa shape index (κ3) is 6.48. The summed E-state index contributed by atoms with van der Waals surface area (Å²) in [5, 5.41) is 2.87. The van der Waals surface area contributed by atoms with E-state index in [1.807, 2.05) is 19.9 Å². The predicted molar refractivity (Wildman–Crippen MR) is 108 cm³/mol. The second kappa shape index (κ2) is 9.52. The third-order valence-corrected chi connectivity index (χ3v) is 5.85. The lowest BCUT2D eigenvalue weighted by Gasteiger charge is -2.29. The number of carbonyl (C=O) groups is 1. The number of hydrogen-bond donors (Lipinski definition) is 1. The van der Waals surface area contributed by atoms with E-state index in [-0.39, 0.29) is 5.91 Å². The Morgan fingerprint density at radius 1 is 1.22 bits per heavy atom. The molecule has 0 radical (unpaired) electrons. The molecule has 0 aliphatic carbocycles. The lowest BCUT2D eigenvalue weighted by Crippen LogP contribution is -2.48. The van der Waals surface area contributed by atoms with Crippen molar-refractivity contribution >= 4 is 21.6 Å². The SMILES string of the molecule is Cc1cc(C)cc(N([C@@H](C)C(=O)NCCCN2CCOCC2)S(C)(=O)=O)c1. The van der Waals surface area contributed by atoms with Gasteiger partial charge in [0.1, 0.15) is 6.04 Å². The molecule has 2 rings (SSSR count). The molecule has 1 aromatic carbocycles. The van der Waals surface area contributed by atoms with Crippen LogP contribution in [-0.4, -0.2) is 70.9 Å². The molecule has 8 heteroatoms. The number of morpholine rings is 1. The molecule has 27 heavy (non-hydrogen) atoms. The maximum absolute atomic E-state index is 12.6. The van der Waals surface area contributed by atoms with E-state index in [9.17, 15) is 13.2 Å². The van der Waals surface area contributed by atoms with Crippen molar-refractivity contribution in [1.82, 2.24) is 10.2 Å². The molecule has 1 aromatic rings. The van der Waals surface area contributed by atoms with Gasteiger partial charge in [0.25, 0.3) is 0 Å². The van der Waals surface area contributed by atoms with Gasteiger partial charge in [-0.15, -0.1) is 0 Å². The monoisotopic (exact) mass is 397 g/mol. The van der Waals surface area contributed by atoms with Crippen molar-refractivity contribution in [1.29, 1.82) is 0 Å². The Morgan fingerprint density at radius 3 is 2.37 bits per heavy atom. The van der Waals surface area contributed by atoms with Gasteiger partial charge in [-0.1, -0.05) is 6.07 Å². The lowest BCUT2D eigenvalue weighted by atomic mass is 10.1. The molecule has 1 fully saturated rings. The van der Waals surface area contributed by atoms with E-state index in [0.717, 1.165) is 56.7 Å². The average molecular weight is 398 g/mol. The van der Waals surface area contributed by atoms with E-state index in [4.69, 9.17) is 4.74 Å². The molecule has 1 heterocycles. The Bertz CT molecular complexity index is 725. The Labute approximate surface area is 162 Å². The van der Waals surface area contributed by atoms with Crippen LogP contribution in [0.5, 0.6) is 0 Å². The van der Waals surface area contributed by atoms with Crippen molar-refractivity contribution < 1.29 is 17.9 Å². The van der Waals surface area contributed by atoms with Gasteiger partial charge < -0.3 is 10.1 Å². The molecule has 0 spiro atoms. The Kier molecular flexibility index (Phi) is 7.64. The molecule has 1 atom stereocenters. The minimum atomic E-state index is -3.59. The van der Waals surface area contributed by atoms with Crippen molar-refractivity contribution in [2.75, 3.05) is 50.0 Å². The van der Waals surface area contributed by atoms with Crippen LogP contribution in [0.1, 0.15) is 24.5 Å². The first-order valence-electron chi connectivity index (χ1n) is 9.34. The molecule has 1 amide bonds. The van der Waals surface area contributed by atoms with Crippen LogP contribution in [0.25, 0.3) is 0 Å². The molecule has 1 N–H and O–H groups in total. The van der Waals surface area contributed by atoms with Gasteiger partial charge in [0, 0.05) is 19.6 Å². The second-order valence-electron chi connectivity index (χ2n) is 7.18. The highest BCUT2D eigenvalue weighted by Gasteiger charge is 2.29. The van der Waals surface area contributed by atoms with Gasteiger partial charge in [0.15, 0.2) is 0 Å².